The van der Waals surface area contributed by atoms with Crippen molar-refractivity contribution in [2.45, 2.75) is 38.8 Å². The lowest BCUT2D eigenvalue weighted by molar-refractivity contribution is -0.120. The summed E-state index contributed by atoms with van der Waals surface area (Å²) < 4.78 is 0. The van der Waals surface area contributed by atoms with E-state index in [1.165, 1.54) is 49.9 Å². The van der Waals surface area contributed by atoms with E-state index < -0.39 is 0 Å². The van der Waals surface area contributed by atoms with Crippen molar-refractivity contribution in [2.75, 3.05) is 26.2 Å². The number of carbonyl (C=O) groups is 1. The minimum Gasteiger partial charge on any atom is -0.351 e. The lowest BCUT2D eigenvalue weighted by Gasteiger charge is -2.14. The fourth-order valence-electron chi connectivity index (χ4n) is 2.94. The number of carbonyl (C=O) groups excluding carboxylic acids is 1. The van der Waals surface area contributed by atoms with E-state index in [-0.39, 0.29) is 30.7 Å². The first-order valence-electron chi connectivity index (χ1n) is 8.57. The van der Waals surface area contributed by atoms with E-state index in [0.717, 1.165) is 19.0 Å². The quantitative estimate of drug-likeness (QED) is 0.736. The number of likely N-dealkylation sites (tertiary alicyclic amines) is 1. The number of hydrogen-bond acceptors (Lipinski definition) is 3. The lowest BCUT2D eigenvalue weighted by atomic mass is 10.1. The van der Waals surface area contributed by atoms with Crippen LogP contribution in [0.4, 0.5) is 0 Å². The molecule has 1 saturated heterocycles. The van der Waals surface area contributed by atoms with Crippen molar-refractivity contribution < 1.29 is 4.79 Å². The van der Waals surface area contributed by atoms with Crippen LogP contribution in [0.2, 0.25) is 0 Å². The maximum Gasteiger partial charge on any atom is 0.234 e. The summed E-state index contributed by atoms with van der Waals surface area (Å²) in [5, 5.41) is 6.19. The van der Waals surface area contributed by atoms with Gasteiger partial charge in [-0.2, -0.15) is 0 Å². The fourth-order valence-corrected chi connectivity index (χ4v) is 2.94. The number of benzene rings is 1. The highest BCUT2D eigenvalue weighted by atomic mass is 35.5. The highest BCUT2D eigenvalue weighted by Gasteiger charge is 2.20. The van der Waals surface area contributed by atoms with Gasteiger partial charge >= 0.3 is 0 Å². The molecule has 0 unspecified atom stereocenters. The molecule has 3 rings (SSSR count). The van der Waals surface area contributed by atoms with E-state index in [1.54, 1.807) is 0 Å². The second-order valence-electron chi connectivity index (χ2n) is 6.65. The third-order valence-corrected chi connectivity index (χ3v) is 4.53. The molecular weight excluding hydrogens is 345 g/mol. The van der Waals surface area contributed by atoms with Crippen molar-refractivity contribution >= 4 is 30.7 Å². The Morgan fingerprint density at radius 2 is 1.67 bits per heavy atom. The zero-order valence-electron chi connectivity index (χ0n) is 14.1. The molecule has 1 heterocycles. The van der Waals surface area contributed by atoms with Crippen molar-refractivity contribution in [2.24, 2.45) is 5.92 Å². The summed E-state index contributed by atoms with van der Waals surface area (Å²) in [6.07, 6.45) is 5.30. The zero-order valence-corrected chi connectivity index (χ0v) is 15.8. The van der Waals surface area contributed by atoms with Gasteiger partial charge in [-0.1, -0.05) is 24.3 Å². The predicted molar refractivity (Wildman–Crippen MR) is 103 cm³/mol. The van der Waals surface area contributed by atoms with E-state index in [0.29, 0.717) is 13.1 Å². The molecule has 1 aromatic carbocycles. The molecule has 1 aliphatic carbocycles. The van der Waals surface area contributed by atoms with Gasteiger partial charge in [0.15, 0.2) is 0 Å². The Balaban J connectivity index is 0.00000144. The topological polar surface area (TPSA) is 44.4 Å². The molecule has 136 valence electrons. The molecule has 0 radical (unpaired) electrons. The monoisotopic (exact) mass is 373 g/mol. The Hall–Kier alpha value is -0.810. The average Bonchev–Trinajstić information content (AvgIpc) is 3.21. The normalized spacial score (nSPS) is 17.0. The molecule has 2 aliphatic rings. The van der Waals surface area contributed by atoms with Gasteiger partial charge in [-0.15, -0.1) is 24.8 Å². The van der Waals surface area contributed by atoms with Gasteiger partial charge in [-0.05, 0) is 62.4 Å². The van der Waals surface area contributed by atoms with Crippen LogP contribution in [0.5, 0.6) is 0 Å². The summed E-state index contributed by atoms with van der Waals surface area (Å²) in [6, 6.07) is 8.63. The molecular formula is C18H29Cl2N3O. The first-order valence-corrected chi connectivity index (χ1v) is 8.57. The third-order valence-electron chi connectivity index (χ3n) is 4.53. The van der Waals surface area contributed by atoms with E-state index in [2.05, 4.69) is 39.8 Å². The SMILES string of the molecule is Cl.Cl.O=C(CNCC1CC1)NCc1ccc(CN2CCCC2)cc1. The van der Waals surface area contributed by atoms with Gasteiger partial charge in [0.1, 0.15) is 0 Å². The summed E-state index contributed by atoms with van der Waals surface area (Å²) in [5.74, 6) is 0.901. The molecule has 1 saturated carbocycles. The molecule has 2 N–H and O–H groups in total. The standard InChI is InChI=1S/C18H27N3O.2ClH/c22-18(13-19-11-15-3-4-15)20-12-16-5-7-17(8-6-16)14-21-9-1-2-10-21;;/h5-8,15,19H,1-4,9-14H2,(H,20,22);2*1H. The van der Waals surface area contributed by atoms with Crippen LogP contribution in [0.3, 0.4) is 0 Å². The van der Waals surface area contributed by atoms with Gasteiger partial charge in [-0.25, -0.2) is 0 Å². The lowest BCUT2D eigenvalue weighted by Crippen LogP contribution is -2.34. The minimum atomic E-state index is 0. The van der Waals surface area contributed by atoms with Crippen molar-refractivity contribution in [3.05, 3.63) is 35.4 Å². The van der Waals surface area contributed by atoms with Crippen LogP contribution in [-0.2, 0) is 17.9 Å². The van der Waals surface area contributed by atoms with Gasteiger partial charge in [0.2, 0.25) is 5.91 Å². The zero-order chi connectivity index (χ0) is 15.2. The van der Waals surface area contributed by atoms with Gasteiger partial charge in [0.05, 0.1) is 6.54 Å². The summed E-state index contributed by atoms with van der Waals surface area (Å²) in [5.41, 5.74) is 2.53. The van der Waals surface area contributed by atoms with Crippen molar-refractivity contribution in [1.82, 2.24) is 15.5 Å². The van der Waals surface area contributed by atoms with Gasteiger partial charge in [-0.3, -0.25) is 9.69 Å². The Morgan fingerprint density at radius 3 is 2.29 bits per heavy atom. The van der Waals surface area contributed by atoms with E-state index >= 15 is 0 Å². The Labute approximate surface area is 157 Å². The smallest absolute Gasteiger partial charge is 0.234 e. The van der Waals surface area contributed by atoms with E-state index in [1.807, 2.05) is 0 Å². The number of rotatable bonds is 8. The van der Waals surface area contributed by atoms with Crippen molar-refractivity contribution in [3.63, 3.8) is 0 Å². The van der Waals surface area contributed by atoms with Gasteiger partial charge in [0, 0.05) is 13.1 Å². The number of hydrogen-bond donors (Lipinski definition) is 2. The van der Waals surface area contributed by atoms with Crippen LogP contribution in [0.25, 0.3) is 0 Å². The molecule has 1 aromatic rings. The van der Waals surface area contributed by atoms with Gasteiger partial charge in [0.25, 0.3) is 0 Å². The Bertz CT molecular complexity index is 486. The summed E-state index contributed by atoms with van der Waals surface area (Å²) in [4.78, 5) is 14.2. The van der Waals surface area contributed by atoms with Crippen molar-refractivity contribution in [1.29, 1.82) is 0 Å². The molecule has 0 bridgehead atoms. The highest BCUT2D eigenvalue weighted by molar-refractivity contribution is 5.85. The number of amides is 1. The van der Waals surface area contributed by atoms with Crippen LogP contribution in [0, 0.1) is 5.92 Å². The first kappa shape index (κ1) is 21.2. The Morgan fingerprint density at radius 1 is 1.04 bits per heavy atom. The second-order valence-corrected chi connectivity index (χ2v) is 6.65. The average molecular weight is 374 g/mol. The van der Waals surface area contributed by atoms with Gasteiger partial charge < -0.3 is 10.6 Å². The molecule has 2 fully saturated rings. The van der Waals surface area contributed by atoms with E-state index in [4.69, 9.17) is 0 Å². The van der Waals surface area contributed by atoms with Crippen LogP contribution in [0.1, 0.15) is 36.8 Å². The highest BCUT2D eigenvalue weighted by Crippen LogP contribution is 2.27. The van der Waals surface area contributed by atoms with Crippen molar-refractivity contribution in [3.8, 4) is 0 Å². The van der Waals surface area contributed by atoms with Crippen LogP contribution in [0.15, 0.2) is 24.3 Å². The predicted octanol–water partition coefficient (Wildman–Crippen LogP) is 2.74. The van der Waals surface area contributed by atoms with E-state index in [9.17, 15) is 4.79 Å². The third kappa shape index (κ3) is 7.39. The molecule has 24 heavy (non-hydrogen) atoms. The first-order chi connectivity index (χ1) is 10.8. The molecule has 0 aromatic heterocycles. The summed E-state index contributed by atoms with van der Waals surface area (Å²) >= 11 is 0. The largest absolute Gasteiger partial charge is 0.351 e. The Kier molecular flexibility index (Phi) is 9.67. The van der Waals surface area contributed by atoms with Crippen LogP contribution < -0.4 is 10.6 Å². The summed E-state index contributed by atoms with van der Waals surface area (Å²) in [6.45, 7) is 5.55. The molecule has 0 spiro atoms. The maximum absolute atomic E-state index is 11.7. The molecule has 1 aliphatic heterocycles. The number of halogens is 2. The minimum absolute atomic E-state index is 0. The molecule has 1 amide bonds. The molecule has 6 heteroatoms. The van der Waals surface area contributed by atoms with Crippen LogP contribution >= 0.6 is 24.8 Å². The number of nitrogens with one attached hydrogen (secondary N) is 2. The maximum atomic E-state index is 11.7. The fraction of sp³-hybridized carbons (Fsp3) is 0.611. The second kappa shape index (κ2) is 10.9. The molecule has 0 atom stereocenters. The summed E-state index contributed by atoms with van der Waals surface area (Å²) in [7, 11) is 0. The van der Waals surface area contributed by atoms with Crippen LogP contribution in [-0.4, -0.2) is 37.0 Å². The number of nitrogens with zero attached hydrogens (tertiary/aromatic N) is 1. The molecule has 4 nitrogen and oxygen atoms in total.